The number of fused-ring (bicyclic) bond motifs is 4. The van der Waals surface area contributed by atoms with Gasteiger partial charge in [0.25, 0.3) is 0 Å². The minimum atomic E-state index is -0.502. The molecule has 1 N–H and O–H groups in total. The Bertz CT molecular complexity index is 2040. The average molecular weight is 696 g/mol. The predicted molar refractivity (Wildman–Crippen MR) is 189 cm³/mol. The van der Waals surface area contributed by atoms with Crippen molar-refractivity contribution < 1.29 is 19.0 Å². The Morgan fingerprint density at radius 2 is 2.06 bits per heavy atom. The molecule has 4 atom stereocenters. The largest absolute Gasteiger partial charge is 0.492 e. The second-order valence-electron chi connectivity index (χ2n) is 13.1. The minimum absolute atomic E-state index is 0.0552. The lowest BCUT2D eigenvalue weighted by Crippen LogP contribution is -2.61. The van der Waals surface area contributed by atoms with E-state index in [1.807, 2.05) is 31.0 Å². The van der Waals surface area contributed by atoms with E-state index in [0.717, 1.165) is 46.0 Å². The minimum Gasteiger partial charge on any atom is -0.492 e. The number of nitriles is 1. The van der Waals surface area contributed by atoms with Crippen molar-refractivity contribution in [1.82, 2.24) is 30.0 Å². The van der Waals surface area contributed by atoms with Crippen LogP contribution in [0.15, 0.2) is 31.0 Å². The molecule has 0 bridgehead atoms. The highest BCUT2D eigenvalue weighted by molar-refractivity contribution is 6.36. The van der Waals surface area contributed by atoms with E-state index in [1.54, 1.807) is 18.2 Å². The fourth-order valence-electron chi connectivity index (χ4n) is 7.68. The van der Waals surface area contributed by atoms with Crippen LogP contribution in [0.4, 0.5) is 5.82 Å². The summed E-state index contributed by atoms with van der Waals surface area (Å²) in [6, 6.07) is 5.42. The molecular weight excluding hydrogens is 658 g/mol. The molecule has 2 fully saturated rings. The van der Waals surface area contributed by atoms with Gasteiger partial charge in [0.15, 0.2) is 0 Å². The molecule has 7 rings (SSSR count). The summed E-state index contributed by atoms with van der Waals surface area (Å²) in [7, 11) is 3.68. The second-order valence-corrected chi connectivity index (χ2v) is 13.5. The number of nitrogens with zero attached hydrogens (tertiary/aromatic N) is 8. The number of halogens is 1. The predicted octanol–water partition coefficient (Wildman–Crippen LogP) is 4.57. The molecule has 13 nitrogen and oxygen atoms in total. The number of benzene rings is 2. The Kier molecular flexibility index (Phi) is 9.23. The SMILES string of the molecule is [C-]#[N+]C[C@H]1CN(c2nc(O[C@H]3CN(C)C[C@@H]3OC)nc3cc(-c4c(Cl)c(C)cc5[nH]ncc45)c4c(c23)OCCC4)C[C@H](CC#N)N1C(=O)C=C. The van der Waals surface area contributed by atoms with Crippen LogP contribution in [0.3, 0.4) is 0 Å². The lowest BCUT2D eigenvalue weighted by atomic mass is 9.89. The van der Waals surface area contributed by atoms with Crippen LogP contribution in [0.1, 0.15) is 24.0 Å². The van der Waals surface area contributed by atoms with E-state index in [0.29, 0.717) is 60.3 Å². The van der Waals surface area contributed by atoms with Crippen molar-refractivity contribution in [2.24, 2.45) is 0 Å². The second kappa shape index (κ2) is 13.8. The van der Waals surface area contributed by atoms with Crippen LogP contribution in [0.25, 0.3) is 37.8 Å². The van der Waals surface area contributed by atoms with Gasteiger partial charge in [-0.05, 0) is 56.1 Å². The third kappa shape index (κ3) is 5.85. The molecule has 3 aliphatic heterocycles. The molecule has 2 aromatic heterocycles. The number of piperazine rings is 1. The van der Waals surface area contributed by atoms with E-state index >= 15 is 0 Å². The van der Waals surface area contributed by atoms with Crippen molar-refractivity contribution in [3.8, 4) is 29.0 Å². The smallest absolute Gasteiger partial charge is 0.319 e. The maximum atomic E-state index is 13.1. The Balaban J connectivity index is 1.46. The molecule has 50 heavy (non-hydrogen) atoms. The summed E-state index contributed by atoms with van der Waals surface area (Å²) in [5.74, 6) is 0.914. The molecule has 258 valence electrons. The number of anilines is 1. The van der Waals surface area contributed by atoms with Crippen LogP contribution in [0.2, 0.25) is 5.02 Å². The number of aromatic nitrogens is 4. The fourth-order valence-corrected chi connectivity index (χ4v) is 7.94. The summed E-state index contributed by atoms with van der Waals surface area (Å²) < 4.78 is 18.8. The average Bonchev–Trinajstić information content (AvgIpc) is 3.73. The first-order valence-corrected chi connectivity index (χ1v) is 17.0. The number of nitrogens with one attached hydrogen (secondary N) is 1. The van der Waals surface area contributed by atoms with Crippen molar-refractivity contribution >= 4 is 45.1 Å². The number of aryl methyl sites for hydroxylation is 1. The molecular formula is C36H38ClN9O4. The van der Waals surface area contributed by atoms with Gasteiger partial charge in [-0.2, -0.15) is 20.3 Å². The zero-order valence-electron chi connectivity index (χ0n) is 28.3. The van der Waals surface area contributed by atoms with Gasteiger partial charge in [0.05, 0.1) is 52.8 Å². The molecule has 0 saturated carbocycles. The van der Waals surface area contributed by atoms with Crippen molar-refractivity contribution in [2.45, 2.75) is 50.5 Å². The van der Waals surface area contributed by atoms with Crippen LogP contribution in [-0.4, -0.2) is 114 Å². The van der Waals surface area contributed by atoms with Crippen LogP contribution in [0.5, 0.6) is 11.8 Å². The van der Waals surface area contributed by atoms with Crippen LogP contribution < -0.4 is 14.4 Å². The maximum Gasteiger partial charge on any atom is 0.319 e. The van der Waals surface area contributed by atoms with Gasteiger partial charge in [-0.3, -0.25) is 14.8 Å². The van der Waals surface area contributed by atoms with E-state index in [4.69, 9.17) is 42.4 Å². The topological polar surface area (TPSA) is 137 Å². The number of H-pyrrole nitrogens is 1. The highest BCUT2D eigenvalue weighted by Crippen LogP contribution is 2.48. The monoisotopic (exact) mass is 695 g/mol. The molecule has 0 spiro atoms. The summed E-state index contributed by atoms with van der Waals surface area (Å²) in [6.07, 6.45) is 4.16. The van der Waals surface area contributed by atoms with E-state index in [9.17, 15) is 10.1 Å². The van der Waals surface area contributed by atoms with Gasteiger partial charge in [0.2, 0.25) is 12.5 Å². The normalized spacial score (nSPS) is 22.2. The fraction of sp³-hybridized carbons (Fsp3) is 0.444. The lowest BCUT2D eigenvalue weighted by Gasteiger charge is -2.44. The van der Waals surface area contributed by atoms with Gasteiger partial charge in [0.1, 0.15) is 29.8 Å². The summed E-state index contributed by atoms with van der Waals surface area (Å²) in [6.45, 7) is 15.9. The highest BCUT2D eigenvalue weighted by Gasteiger charge is 2.41. The number of likely N-dealkylation sites (N-methyl/N-ethyl adjacent to an activating group) is 1. The van der Waals surface area contributed by atoms with Crippen molar-refractivity contribution in [2.75, 3.05) is 58.4 Å². The summed E-state index contributed by atoms with van der Waals surface area (Å²) in [5.41, 5.74) is 5.11. The zero-order valence-corrected chi connectivity index (χ0v) is 29.0. The number of hydrogen-bond acceptors (Lipinski definition) is 10. The van der Waals surface area contributed by atoms with Gasteiger partial charge >= 0.3 is 6.01 Å². The molecule has 0 unspecified atom stereocenters. The number of carbonyl (C=O) groups is 1. The Morgan fingerprint density at radius 1 is 1.26 bits per heavy atom. The Labute approximate surface area is 295 Å². The van der Waals surface area contributed by atoms with E-state index in [1.165, 1.54) is 6.08 Å². The number of likely N-dealkylation sites (tertiary alicyclic amines) is 1. The number of methoxy groups -OCH3 is 1. The van der Waals surface area contributed by atoms with E-state index in [-0.39, 0.29) is 37.1 Å². The zero-order chi connectivity index (χ0) is 35.1. The number of rotatable bonds is 8. The van der Waals surface area contributed by atoms with Gasteiger partial charge in [0, 0.05) is 49.8 Å². The molecule has 2 aromatic carbocycles. The van der Waals surface area contributed by atoms with Gasteiger partial charge < -0.3 is 28.9 Å². The number of carbonyl (C=O) groups excluding carboxylic acids is 1. The van der Waals surface area contributed by atoms with Crippen LogP contribution in [0, 0.1) is 24.8 Å². The van der Waals surface area contributed by atoms with E-state index < -0.39 is 12.1 Å². The number of amides is 1. The standard InChI is InChI=1S/C36H38ClN9O4/c1-6-30(47)46-21(9-10-38)16-45(17-22(46)14-39-3)35-32-27(41-36(42-35)50-29-19-44(4)18-28(29)48-5)13-24(23-8-7-11-49-34(23)32)31-25-15-40-43-26(25)12-20(2)33(31)37/h6,12-13,15,21-22,28-29H,1,7-9,11,14,16-19H2,2,4-5H3,(H,40,43)/t21-,22-,28-,29-/m0/s1. The quantitative estimate of drug-likeness (QED) is 0.206. The summed E-state index contributed by atoms with van der Waals surface area (Å²) >= 11 is 7.09. The Morgan fingerprint density at radius 3 is 2.82 bits per heavy atom. The third-order valence-corrected chi connectivity index (χ3v) is 10.4. The molecule has 5 heterocycles. The molecule has 0 aliphatic carbocycles. The van der Waals surface area contributed by atoms with Crippen molar-refractivity contribution in [3.05, 3.63) is 58.6 Å². The molecule has 14 heteroatoms. The first kappa shape index (κ1) is 33.5. The number of hydrogen-bond donors (Lipinski definition) is 1. The molecule has 2 saturated heterocycles. The Hall–Kier alpha value is -4.95. The first-order valence-electron chi connectivity index (χ1n) is 16.7. The first-order chi connectivity index (χ1) is 24.3. The van der Waals surface area contributed by atoms with Gasteiger partial charge in [-0.1, -0.05) is 18.2 Å². The number of aromatic amines is 1. The van der Waals surface area contributed by atoms with Crippen LogP contribution >= 0.6 is 11.6 Å². The summed E-state index contributed by atoms with van der Waals surface area (Å²) in [5, 5.41) is 19.4. The van der Waals surface area contributed by atoms with Crippen molar-refractivity contribution in [3.63, 3.8) is 0 Å². The maximum absolute atomic E-state index is 13.1. The summed E-state index contributed by atoms with van der Waals surface area (Å²) in [4.78, 5) is 32.6. The molecule has 1 amide bonds. The number of ether oxygens (including phenoxy) is 3. The van der Waals surface area contributed by atoms with E-state index in [2.05, 4.69) is 32.6 Å². The molecule has 3 aliphatic rings. The lowest BCUT2D eigenvalue weighted by molar-refractivity contribution is -0.131. The van der Waals surface area contributed by atoms with Crippen LogP contribution in [-0.2, 0) is 16.0 Å². The van der Waals surface area contributed by atoms with Gasteiger partial charge in [-0.25, -0.2) is 6.57 Å². The third-order valence-electron chi connectivity index (χ3n) is 9.92. The van der Waals surface area contributed by atoms with Gasteiger partial charge in [-0.15, -0.1) is 0 Å². The molecule has 4 aromatic rings. The highest BCUT2D eigenvalue weighted by atomic mass is 35.5. The molecule has 0 radical (unpaired) electrons. The van der Waals surface area contributed by atoms with Crippen molar-refractivity contribution in [1.29, 1.82) is 5.26 Å².